The van der Waals surface area contributed by atoms with Crippen LogP contribution in [0.2, 0.25) is 0 Å². The van der Waals surface area contributed by atoms with Gasteiger partial charge in [0.25, 0.3) is 0 Å². The molecule has 1 aromatic rings. The van der Waals surface area contributed by atoms with Gasteiger partial charge in [0.2, 0.25) is 0 Å². The van der Waals surface area contributed by atoms with Crippen molar-refractivity contribution in [2.75, 3.05) is 20.1 Å². The van der Waals surface area contributed by atoms with E-state index in [0.29, 0.717) is 6.04 Å². The number of likely N-dealkylation sites (tertiary alicyclic amines) is 1. The largest absolute Gasteiger partial charge is 0.310 e. The minimum atomic E-state index is 0.625. The molecule has 1 aromatic carbocycles. The van der Waals surface area contributed by atoms with Crippen LogP contribution in [0.15, 0.2) is 24.3 Å². The Labute approximate surface area is 111 Å². The van der Waals surface area contributed by atoms with Crippen molar-refractivity contribution in [1.82, 2.24) is 10.2 Å². The number of hydrogen-bond donors (Lipinski definition) is 1. The van der Waals surface area contributed by atoms with Gasteiger partial charge in [0, 0.05) is 12.6 Å². The molecule has 100 valence electrons. The Morgan fingerprint density at radius 3 is 2.44 bits per heavy atom. The first kappa shape index (κ1) is 13.6. The van der Waals surface area contributed by atoms with Gasteiger partial charge in [-0.15, -0.1) is 0 Å². The van der Waals surface area contributed by atoms with E-state index in [4.69, 9.17) is 0 Å². The van der Waals surface area contributed by atoms with Gasteiger partial charge in [-0.1, -0.05) is 29.8 Å². The molecule has 2 rings (SSSR count). The molecule has 0 bridgehead atoms. The summed E-state index contributed by atoms with van der Waals surface area (Å²) in [7, 11) is 2.22. The molecular formula is C16H26N2. The molecule has 0 radical (unpaired) electrons. The fraction of sp³-hybridized carbons (Fsp3) is 0.625. The highest BCUT2D eigenvalue weighted by atomic mass is 15.1. The SMILES string of the molecule is Cc1ccc(CNC(C)C2CCN(C)CC2)cc1. The molecule has 1 N–H and O–H groups in total. The fourth-order valence-electron chi connectivity index (χ4n) is 2.68. The maximum Gasteiger partial charge on any atom is 0.0208 e. The molecule has 2 heteroatoms. The predicted octanol–water partition coefficient (Wildman–Crippen LogP) is 2.81. The molecule has 0 aromatic heterocycles. The maximum atomic E-state index is 3.68. The van der Waals surface area contributed by atoms with Gasteiger partial charge < -0.3 is 10.2 Å². The molecule has 1 atom stereocenters. The second-order valence-corrected chi connectivity index (χ2v) is 5.80. The Bertz CT molecular complexity index is 350. The molecule has 2 nitrogen and oxygen atoms in total. The third kappa shape index (κ3) is 3.82. The van der Waals surface area contributed by atoms with Gasteiger partial charge in [0.05, 0.1) is 0 Å². The van der Waals surface area contributed by atoms with Crippen LogP contribution in [0.25, 0.3) is 0 Å². The van der Waals surface area contributed by atoms with Crippen molar-refractivity contribution in [3.63, 3.8) is 0 Å². The van der Waals surface area contributed by atoms with Crippen LogP contribution in [0.5, 0.6) is 0 Å². The summed E-state index contributed by atoms with van der Waals surface area (Å²) in [6.07, 6.45) is 2.66. The van der Waals surface area contributed by atoms with Crippen LogP contribution in [0.1, 0.15) is 30.9 Å². The van der Waals surface area contributed by atoms with E-state index in [-0.39, 0.29) is 0 Å². The molecule has 0 spiro atoms. The quantitative estimate of drug-likeness (QED) is 0.879. The van der Waals surface area contributed by atoms with Crippen LogP contribution in [-0.4, -0.2) is 31.1 Å². The van der Waals surface area contributed by atoms with Crippen LogP contribution in [-0.2, 0) is 6.54 Å². The monoisotopic (exact) mass is 246 g/mol. The van der Waals surface area contributed by atoms with Crippen molar-refractivity contribution < 1.29 is 0 Å². The Morgan fingerprint density at radius 2 is 1.83 bits per heavy atom. The molecule has 1 fully saturated rings. The number of nitrogens with one attached hydrogen (secondary N) is 1. The van der Waals surface area contributed by atoms with Crippen molar-refractivity contribution in [1.29, 1.82) is 0 Å². The standard InChI is InChI=1S/C16H26N2/c1-13-4-6-15(7-5-13)12-17-14(2)16-8-10-18(3)11-9-16/h4-7,14,16-17H,8-12H2,1-3H3. The molecule has 0 saturated carbocycles. The summed E-state index contributed by atoms with van der Waals surface area (Å²) in [5, 5.41) is 3.68. The average Bonchev–Trinajstić information content (AvgIpc) is 2.38. The van der Waals surface area contributed by atoms with E-state index in [0.717, 1.165) is 12.5 Å². The number of rotatable bonds is 4. The van der Waals surface area contributed by atoms with Crippen LogP contribution < -0.4 is 5.32 Å². The summed E-state index contributed by atoms with van der Waals surface area (Å²) in [5.74, 6) is 0.839. The summed E-state index contributed by atoms with van der Waals surface area (Å²) in [6, 6.07) is 9.46. The van der Waals surface area contributed by atoms with E-state index in [9.17, 15) is 0 Å². The normalized spacial score (nSPS) is 19.9. The van der Waals surface area contributed by atoms with Crippen molar-refractivity contribution in [2.24, 2.45) is 5.92 Å². The predicted molar refractivity (Wildman–Crippen MR) is 77.7 cm³/mol. The van der Waals surface area contributed by atoms with Gasteiger partial charge >= 0.3 is 0 Å². The Morgan fingerprint density at radius 1 is 1.22 bits per heavy atom. The van der Waals surface area contributed by atoms with E-state index in [1.807, 2.05) is 0 Å². The van der Waals surface area contributed by atoms with Crippen LogP contribution in [0.4, 0.5) is 0 Å². The lowest BCUT2D eigenvalue weighted by atomic mass is 9.90. The summed E-state index contributed by atoms with van der Waals surface area (Å²) in [6.45, 7) is 7.97. The molecule has 0 amide bonds. The molecule has 1 heterocycles. The van der Waals surface area contributed by atoms with E-state index in [1.165, 1.54) is 37.1 Å². The minimum absolute atomic E-state index is 0.625. The topological polar surface area (TPSA) is 15.3 Å². The van der Waals surface area contributed by atoms with Crippen molar-refractivity contribution in [2.45, 2.75) is 39.3 Å². The van der Waals surface area contributed by atoms with Crippen molar-refractivity contribution in [3.8, 4) is 0 Å². The smallest absolute Gasteiger partial charge is 0.0208 e. The average molecular weight is 246 g/mol. The van der Waals surface area contributed by atoms with Gasteiger partial charge in [0.1, 0.15) is 0 Å². The zero-order valence-electron chi connectivity index (χ0n) is 11.9. The highest BCUT2D eigenvalue weighted by Crippen LogP contribution is 2.19. The molecular weight excluding hydrogens is 220 g/mol. The first-order valence-corrected chi connectivity index (χ1v) is 7.12. The van der Waals surface area contributed by atoms with Gasteiger partial charge in [0.15, 0.2) is 0 Å². The van der Waals surface area contributed by atoms with Gasteiger partial charge in [-0.05, 0) is 58.3 Å². The number of aryl methyl sites for hydroxylation is 1. The Balaban J connectivity index is 1.77. The minimum Gasteiger partial charge on any atom is -0.310 e. The first-order chi connectivity index (χ1) is 8.65. The summed E-state index contributed by atoms with van der Waals surface area (Å²) in [5.41, 5.74) is 2.72. The van der Waals surface area contributed by atoms with E-state index in [1.54, 1.807) is 0 Å². The lowest BCUT2D eigenvalue weighted by Gasteiger charge is -2.33. The zero-order chi connectivity index (χ0) is 13.0. The Kier molecular flexibility index (Phi) is 4.79. The molecule has 1 unspecified atom stereocenters. The second kappa shape index (κ2) is 6.35. The van der Waals surface area contributed by atoms with E-state index < -0.39 is 0 Å². The molecule has 0 aliphatic carbocycles. The molecule has 1 aliphatic heterocycles. The number of piperidine rings is 1. The third-order valence-electron chi connectivity index (χ3n) is 4.22. The summed E-state index contributed by atoms with van der Waals surface area (Å²) < 4.78 is 0. The fourth-order valence-corrected chi connectivity index (χ4v) is 2.68. The summed E-state index contributed by atoms with van der Waals surface area (Å²) >= 11 is 0. The second-order valence-electron chi connectivity index (χ2n) is 5.80. The number of nitrogens with zero attached hydrogens (tertiary/aromatic N) is 1. The lowest BCUT2D eigenvalue weighted by molar-refractivity contribution is 0.189. The first-order valence-electron chi connectivity index (χ1n) is 7.12. The van der Waals surface area contributed by atoms with Crippen LogP contribution >= 0.6 is 0 Å². The van der Waals surface area contributed by atoms with Crippen molar-refractivity contribution in [3.05, 3.63) is 35.4 Å². The van der Waals surface area contributed by atoms with Crippen LogP contribution in [0.3, 0.4) is 0 Å². The van der Waals surface area contributed by atoms with Crippen molar-refractivity contribution >= 4 is 0 Å². The van der Waals surface area contributed by atoms with Gasteiger partial charge in [-0.3, -0.25) is 0 Å². The van der Waals surface area contributed by atoms with Gasteiger partial charge in [-0.25, -0.2) is 0 Å². The lowest BCUT2D eigenvalue weighted by Crippen LogP contribution is -2.40. The zero-order valence-corrected chi connectivity index (χ0v) is 11.9. The summed E-state index contributed by atoms with van der Waals surface area (Å²) in [4.78, 5) is 2.43. The third-order valence-corrected chi connectivity index (χ3v) is 4.22. The number of hydrogen-bond acceptors (Lipinski definition) is 2. The Hall–Kier alpha value is -0.860. The van der Waals surface area contributed by atoms with Crippen LogP contribution in [0, 0.1) is 12.8 Å². The molecule has 18 heavy (non-hydrogen) atoms. The highest BCUT2D eigenvalue weighted by Gasteiger charge is 2.21. The molecule has 1 aliphatic rings. The number of benzene rings is 1. The maximum absolute atomic E-state index is 3.68. The van der Waals surface area contributed by atoms with E-state index >= 15 is 0 Å². The van der Waals surface area contributed by atoms with E-state index in [2.05, 4.69) is 55.4 Å². The molecule has 1 saturated heterocycles. The van der Waals surface area contributed by atoms with Gasteiger partial charge in [-0.2, -0.15) is 0 Å². The highest BCUT2D eigenvalue weighted by molar-refractivity contribution is 5.21.